The van der Waals surface area contributed by atoms with Crippen molar-refractivity contribution in [3.8, 4) is 0 Å². The molecule has 0 aliphatic heterocycles. The first-order valence-corrected chi connectivity index (χ1v) is 6.92. The highest BCUT2D eigenvalue weighted by Crippen LogP contribution is 2.22. The summed E-state index contributed by atoms with van der Waals surface area (Å²) in [5.74, 6) is -0.310. The number of carbonyl (C=O) groups excluding carboxylic acids is 1. The molecule has 1 aromatic heterocycles. The summed E-state index contributed by atoms with van der Waals surface area (Å²) < 4.78 is 1.62. The maximum absolute atomic E-state index is 12.2. The van der Waals surface area contributed by atoms with Crippen molar-refractivity contribution >= 4 is 17.5 Å². The van der Waals surface area contributed by atoms with Gasteiger partial charge in [-0.1, -0.05) is 41.4 Å². The van der Waals surface area contributed by atoms with Gasteiger partial charge in [0.1, 0.15) is 10.7 Å². The summed E-state index contributed by atoms with van der Waals surface area (Å²) in [4.78, 5) is 17.1. The van der Waals surface area contributed by atoms with E-state index in [2.05, 4.69) is 5.10 Å². The molecule has 1 aromatic carbocycles. The molecule has 0 N–H and O–H groups in total. The monoisotopic (exact) mass is 307 g/mol. The number of aryl methyl sites for hydroxylation is 2. The standard InChI is InChI=1S/C15H18ClN3O2/c1-10-5-7-12(8-6-10)9-19-14(16)13(11(2)17-19)15(20)18(3)21-4/h5-8H,9H2,1-4H3. The lowest BCUT2D eigenvalue weighted by molar-refractivity contribution is -0.0757. The van der Waals surface area contributed by atoms with Crippen LogP contribution in [0.5, 0.6) is 0 Å². The molecule has 0 unspecified atom stereocenters. The number of hydrogen-bond donors (Lipinski definition) is 0. The van der Waals surface area contributed by atoms with E-state index in [0.29, 0.717) is 23.0 Å². The molecule has 0 aliphatic rings. The lowest BCUT2D eigenvalue weighted by Crippen LogP contribution is -2.26. The fraction of sp³-hybridized carbons (Fsp3) is 0.333. The van der Waals surface area contributed by atoms with E-state index < -0.39 is 0 Å². The first-order chi connectivity index (χ1) is 9.93. The molecule has 0 fully saturated rings. The molecule has 1 amide bonds. The maximum Gasteiger partial charge on any atom is 0.282 e. The van der Waals surface area contributed by atoms with Gasteiger partial charge in [0.15, 0.2) is 0 Å². The lowest BCUT2D eigenvalue weighted by Gasteiger charge is -2.13. The van der Waals surface area contributed by atoms with Gasteiger partial charge in [0.05, 0.1) is 19.3 Å². The van der Waals surface area contributed by atoms with E-state index in [1.54, 1.807) is 11.6 Å². The third kappa shape index (κ3) is 3.25. The molecule has 0 saturated carbocycles. The summed E-state index contributed by atoms with van der Waals surface area (Å²) in [7, 11) is 2.97. The minimum atomic E-state index is -0.310. The lowest BCUT2D eigenvalue weighted by atomic mass is 10.1. The zero-order valence-electron chi connectivity index (χ0n) is 12.6. The Morgan fingerprint density at radius 2 is 1.95 bits per heavy atom. The molecule has 2 rings (SSSR count). The van der Waals surface area contributed by atoms with Crippen LogP contribution in [0, 0.1) is 13.8 Å². The molecule has 0 bridgehead atoms. The van der Waals surface area contributed by atoms with E-state index in [1.807, 2.05) is 31.2 Å². The van der Waals surface area contributed by atoms with Crippen molar-refractivity contribution in [3.05, 3.63) is 51.8 Å². The first kappa shape index (κ1) is 15.5. The molecule has 5 nitrogen and oxygen atoms in total. The van der Waals surface area contributed by atoms with Gasteiger partial charge in [0, 0.05) is 7.05 Å². The number of nitrogens with zero attached hydrogens (tertiary/aromatic N) is 3. The van der Waals surface area contributed by atoms with Gasteiger partial charge in [0.2, 0.25) is 0 Å². The number of rotatable bonds is 4. The molecule has 0 saturated heterocycles. The van der Waals surface area contributed by atoms with Crippen LogP contribution in [0.4, 0.5) is 0 Å². The number of hydrogen-bond acceptors (Lipinski definition) is 3. The van der Waals surface area contributed by atoms with Gasteiger partial charge in [0.25, 0.3) is 5.91 Å². The van der Waals surface area contributed by atoms with E-state index >= 15 is 0 Å². The van der Waals surface area contributed by atoms with E-state index in [0.717, 1.165) is 10.6 Å². The predicted octanol–water partition coefficient (Wildman–Crippen LogP) is 2.84. The Labute approximate surface area is 129 Å². The van der Waals surface area contributed by atoms with Crippen LogP contribution in [0.15, 0.2) is 24.3 Å². The summed E-state index contributed by atoms with van der Waals surface area (Å²) in [6, 6.07) is 8.10. The van der Waals surface area contributed by atoms with Crippen molar-refractivity contribution in [3.63, 3.8) is 0 Å². The molecule has 112 valence electrons. The minimum absolute atomic E-state index is 0.310. The second-order valence-corrected chi connectivity index (χ2v) is 5.24. The molecule has 21 heavy (non-hydrogen) atoms. The van der Waals surface area contributed by atoms with Crippen LogP contribution in [0.3, 0.4) is 0 Å². The molecule has 2 aromatic rings. The summed E-state index contributed by atoms with van der Waals surface area (Å²) >= 11 is 6.30. The average molecular weight is 308 g/mol. The highest BCUT2D eigenvalue weighted by Gasteiger charge is 2.23. The molecule has 0 aliphatic carbocycles. The van der Waals surface area contributed by atoms with Gasteiger partial charge in [-0.15, -0.1) is 0 Å². The van der Waals surface area contributed by atoms with Crippen molar-refractivity contribution in [2.45, 2.75) is 20.4 Å². The highest BCUT2D eigenvalue weighted by molar-refractivity contribution is 6.33. The van der Waals surface area contributed by atoms with Crippen molar-refractivity contribution in [2.75, 3.05) is 14.2 Å². The second-order valence-electron chi connectivity index (χ2n) is 4.88. The van der Waals surface area contributed by atoms with Crippen LogP contribution in [0.25, 0.3) is 0 Å². The molecular weight excluding hydrogens is 290 g/mol. The SMILES string of the molecule is CON(C)C(=O)c1c(C)nn(Cc2ccc(C)cc2)c1Cl. The fourth-order valence-corrected chi connectivity index (χ4v) is 2.32. The summed E-state index contributed by atoms with van der Waals surface area (Å²) in [6.07, 6.45) is 0. The van der Waals surface area contributed by atoms with Gasteiger partial charge in [-0.05, 0) is 19.4 Å². The van der Waals surface area contributed by atoms with E-state index in [1.165, 1.54) is 19.7 Å². The Balaban J connectivity index is 2.30. The number of hydroxylamine groups is 2. The summed E-state index contributed by atoms with van der Waals surface area (Å²) in [5, 5.41) is 5.80. The molecule has 6 heteroatoms. The van der Waals surface area contributed by atoms with Crippen LogP contribution < -0.4 is 0 Å². The fourth-order valence-electron chi connectivity index (χ4n) is 2.01. The average Bonchev–Trinajstić information content (AvgIpc) is 2.74. The van der Waals surface area contributed by atoms with E-state index in [9.17, 15) is 4.79 Å². The largest absolute Gasteiger partial charge is 0.282 e. The Kier molecular flexibility index (Phi) is 4.65. The van der Waals surface area contributed by atoms with Gasteiger partial charge < -0.3 is 0 Å². The zero-order chi connectivity index (χ0) is 15.6. The van der Waals surface area contributed by atoms with Crippen molar-refractivity contribution in [1.29, 1.82) is 0 Å². The third-order valence-corrected chi connectivity index (χ3v) is 3.68. The number of amides is 1. The molecule has 1 heterocycles. The van der Waals surface area contributed by atoms with E-state index in [4.69, 9.17) is 16.4 Å². The van der Waals surface area contributed by atoms with Crippen LogP contribution in [0.1, 0.15) is 27.2 Å². The van der Waals surface area contributed by atoms with Crippen molar-refractivity contribution < 1.29 is 9.63 Å². The number of benzene rings is 1. The quantitative estimate of drug-likeness (QED) is 0.816. The summed E-state index contributed by atoms with van der Waals surface area (Å²) in [6.45, 7) is 4.31. The Morgan fingerprint density at radius 3 is 2.52 bits per heavy atom. The summed E-state index contributed by atoms with van der Waals surface area (Å²) in [5.41, 5.74) is 3.22. The van der Waals surface area contributed by atoms with Gasteiger partial charge >= 0.3 is 0 Å². The molecule has 0 atom stereocenters. The van der Waals surface area contributed by atoms with Crippen LogP contribution >= 0.6 is 11.6 Å². The van der Waals surface area contributed by atoms with Gasteiger partial charge in [-0.2, -0.15) is 5.10 Å². The van der Waals surface area contributed by atoms with Gasteiger partial charge in [-0.3, -0.25) is 9.63 Å². The topological polar surface area (TPSA) is 47.4 Å². The molecule has 0 spiro atoms. The first-order valence-electron chi connectivity index (χ1n) is 6.54. The predicted molar refractivity (Wildman–Crippen MR) is 81.4 cm³/mol. The second kappa shape index (κ2) is 6.28. The molecular formula is C15H18ClN3O2. The maximum atomic E-state index is 12.2. The highest BCUT2D eigenvalue weighted by atomic mass is 35.5. The van der Waals surface area contributed by atoms with Gasteiger partial charge in [-0.25, -0.2) is 9.75 Å². The van der Waals surface area contributed by atoms with Crippen LogP contribution in [0.2, 0.25) is 5.15 Å². The van der Waals surface area contributed by atoms with Crippen molar-refractivity contribution in [1.82, 2.24) is 14.8 Å². The normalized spacial score (nSPS) is 10.7. The van der Waals surface area contributed by atoms with E-state index in [-0.39, 0.29) is 5.91 Å². The minimum Gasteiger partial charge on any atom is -0.274 e. The smallest absolute Gasteiger partial charge is 0.274 e. The Bertz CT molecular complexity index is 650. The molecule has 0 radical (unpaired) electrons. The number of halogens is 1. The Hall–Kier alpha value is -1.85. The van der Waals surface area contributed by atoms with Crippen LogP contribution in [-0.4, -0.2) is 34.9 Å². The zero-order valence-corrected chi connectivity index (χ0v) is 13.3. The number of carbonyl (C=O) groups is 1. The Morgan fingerprint density at radius 1 is 1.33 bits per heavy atom. The van der Waals surface area contributed by atoms with Crippen LogP contribution in [-0.2, 0) is 11.4 Å². The third-order valence-electron chi connectivity index (χ3n) is 3.29. The number of aromatic nitrogens is 2. The van der Waals surface area contributed by atoms with Crippen molar-refractivity contribution in [2.24, 2.45) is 0 Å².